The van der Waals surface area contributed by atoms with Crippen LogP contribution in [0.15, 0.2) is 54.7 Å². The standard InChI is InChI=1S/C20H21N3O2/c1-25-14-19-9-11-23-18(8-10-21-23)13-22(19)20(24)17-7-6-15-4-2-3-5-16(15)12-17/h2-8,10,12,19H,9,11,13-14H2,1H3/t19-/m0/s1. The number of amides is 1. The summed E-state index contributed by atoms with van der Waals surface area (Å²) in [5, 5.41) is 6.58. The van der Waals surface area contributed by atoms with Crippen LogP contribution in [0, 0.1) is 0 Å². The van der Waals surface area contributed by atoms with Crippen molar-refractivity contribution in [1.82, 2.24) is 14.7 Å². The maximum absolute atomic E-state index is 13.3. The van der Waals surface area contributed by atoms with E-state index < -0.39 is 0 Å². The number of aromatic nitrogens is 2. The van der Waals surface area contributed by atoms with Gasteiger partial charge in [-0.05, 0) is 35.4 Å². The Morgan fingerprint density at radius 1 is 1.20 bits per heavy atom. The number of aryl methyl sites for hydroxylation is 1. The van der Waals surface area contributed by atoms with Crippen LogP contribution in [0.3, 0.4) is 0 Å². The Morgan fingerprint density at radius 2 is 2.04 bits per heavy atom. The largest absolute Gasteiger partial charge is 0.383 e. The van der Waals surface area contributed by atoms with E-state index in [4.69, 9.17) is 4.74 Å². The van der Waals surface area contributed by atoms with E-state index in [2.05, 4.69) is 11.2 Å². The van der Waals surface area contributed by atoms with E-state index in [9.17, 15) is 4.79 Å². The number of benzene rings is 2. The van der Waals surface area contributed by atoms with E-state index in [0.717, 1.165) is 29.4 Å². The molecule has 0 unspecified atom stereocenters. The van der Waals surface area contributed by atoms with Gasteiger partial charge in [-0.1, -0.05) is 30.3 Å². The average Bonchev–Trinajstić information content (AvgIpc) is 3.02. The fraction of sp³-hybridized carbons (Fsp3) is 0.300. The Bertz CT molecular complexity index is 903. The van der Waals surface area contributed by atoms with Crippen LogP contribution >= 0.6 is 0 Å². The molecule has 1 aliphatic rings. The number of carbonyl (C=O) groups is 1. The topological polar surface area (TPSA) is 47.4 Å². The molecule has 1 aliphatic heterocycles. The van der Waals surface area contributed by atoms with Gasteiger partial charge in [0.05, 0.1) is 24.9 Å². The van der Waals surface area contributed by atoms with Crippen molar-refractivity contribution in [1.29, 1.82) is 0 Å². The zero-order chi connectivity index (χ0) is 17.2. The van der Waals surface area contributed by atoms with Gasteiger partial charge in [0, 0.05) is 25.4 Å². The van der Waals surface area contributed by atoms with Gasteiger partial charge in [-0.25, -0.2) is 0 Å². The highest BCUT2D eigenvalue weighted by atomic mass is 16.5. The van der Waals surface area contributed by atoms with Gasteiger partial charge in [0.25, 0.3) is 5.91 Å². The zero-order valence-electron chi connectivity index (χ0n) is 14.3. The molecule has 1 aromatic heterocycles. The third kappa shape index (κ3) is 3.03. The summed E-state index contributed by atoms with van der Waals surface area (Å²) in [5.41, 5.74) is 1.78. The summed E-state index contributed by atoms with van der Waals surface area (Å²) in [7, 11) is 1.68. The van der Waals surface area contributed by atoms with E-state index in [1.165, 1.54) is 0 Å². The second kappa shape index (κ2) is 6.69. The summed E-state index contributed by atoms with van der Waals surface area (Å²) < 4.78 is 7.36. The van der Waals surface area contributed by atoms with Crippen LogP contribution < -0.4 is 0 Å². The van der Waals surface area contributed by atoms with E-state index in [1.54, 1.807) is 13.3 Å². The molecule has 0 radical (unpaired) electrons. The average molecular weight is 335 g/mol. The van der Waals surface area contributed by atoms with Crippen molar-refractivity contribution in [3.8, 4) is 0 Å². The van der Waals surface area contributed by atoms with E-state index in [0.29, 0.717) is 18.7 Å². The van der Waals surface area contributed by atoms with Gasteiger partial charge < -0.3 is 9.64 Å². The molecule has 2 heterocycles. The fourth-order valence-electron chi connectivity index (χ4n) is 3.52. The summed E-state index contributed by atoms with van der Waals surface area (Å²) in [6, 6.07) is 16.0. The Hall–Kier alpha value is -2.66. The van der Waals surface area contributed by atoms with Gasteiger partial charge in [0.2, 0.25) is 0 Å². The van der Waals surface area contributed by atoms with Gasteiger partial charge in [-0.2, -0.15) is 5.10 Å². The summed E-state index contributed by atoms with van der Waals surface area (Å²) in [6.45, 7) is 1.89. The molecule has 1 atom stereocenters. The smallest absolute Gasteiger partial charge is 0.254 e. The minimum Gasteiger partial charge on any atom is -0.383 e. The fourth-order valence-corrected chi connectivity index (χ4v) is 3.52. The Balaban J connectivity index is 1.69. The molecule has 0 fully saturated rings. The summed E-state index contributed by atoms with van der Waals surface area (Å²) in [4.78, 5) is 15.2. The number of hydrogen-bond acceptors (Lipinski definition) is 3. The number of fused-ring (bicyclic) bond motifs is 2. The third-order valence-corrected chi connectivity index (χ3v) is 4.87. The molecular formula is C20H21N3O2. The van der Waals surface area contributed by atoms with Crippen LogP contribution in [0.5, 0.6) is 0 Å². The van der Waals surface area contributed by atoms with Gasteiger partial charge in [-0.3, -0.25) is 9.48 Å². The Kier molecular flexibility index (Phi) is 4.24. The van der Waals surface area contributed by atoms with Crippen molar-refractivity contribution >= 4 is 16.7 Å². The highest BCUT2D eigenvalue weighted by Crippen LogP contribution is 2.22. The van der Waals surface area contributed by atoms with Crippen LogP contribution in [0.25, 0.3) is 10.8 Å². The molecule has 5 heteroatoms. The molecule has 4 rings (SSSR count). The lowest BCUT2D eigenvalue weighted by atomic mass is 10.0. The summed E-state index contributed by atoms with van der Waals surface area (Å²) >= 11 is 0. The number of methoxy groups -OCH3 is 1. The molecule has 128 valence electrons. The first-order valence-corrected chi connectivity index (χ1v) is 8.55. The predicted molar refractivity (Wildman–Crippen MR) is 96.3 cm³/mol. The van der Waals surface area contributed by atoms with Gasteiger partial charge in [0.15, 0.2) is 0 Å². The second-order valence-corrected chi connectivity index (χ2v) is 6.44. The summed E-state index contributed by atoms with van der Waals surface area (Å²) in [6.07, 6.45) is 2.63. The molecule has 0 spiro atoms. The molecule has 1 amide bonds. The van der Waals surface area contributed by atoms with Crippen molar-refractivity contribution in [3.63, 3.8) is 0 Å². The van der Waals surface area contributed by atoms with E-state index in [-0.39, 0.29) is 11.9 Å². The maximum atomic E-state index is 13.3. The Labute approximate surface area is 146 Å². The van der Waals surface area contributed by atoms with Crippen molar-refractivity contribution in [2.75, 3.05) is 13.7 Å². The SMILES string of the molecule is COC[C@@H]1CCn2nccc2CN1C(=O)c1ccc2ccccc2c1. The molecule has 2 aromatic carbocycles. The third-order valence-electron chi connectivity index (χ3n) is 4.87. The first kappa shape index (κ1) is 15.8. The van der Waals surface area contributed by atoms with E-state index >= 15 is 0 Å². The van der Waals surface area contributed by atoms with Crippen LogP contribution in [0.4, 0.5) is 0 Å². The van der Waals surface area contributed by atoms with E-state index in [1.807, 2.05) is 52.0 Å². The minimum absolute atomic E-state index is 0.0439. The predicted octanol–water partition coefficient (Wildman–Crippen LogP) is 3.10. The quantitative estimate of drug-likeness (QED) is 0.739. The minimum atomic E-state index is 0.0439. The van der Waals surface area contributed by atoms with Crippen molar-refractivity contribution in [2.45, 2.75) is 25.6 Å². The lowest BCUT2D eigenvalue weighted by molar-refractivity contribution is 0.0503. The summed E-state index contributed by atoms with van der Waals surface area (Å²) in [5.74, 6) is 0.0439. The zero-order valence-corrected chi connectivity index (χ0v) is 14.3. The monoisotopic (exact) mass is 335 g/mol. The first-order chi connectivity index (χ1) is 12.3. The second-order valence-electron chi connectivity index (χ2n) is 6.44. The molecule has 0 bridgehead atoms. The van der Waals surface area contributed by atoms with Crippen LogP contribution in [-0.2, 0) is 17.8 Å². The number of carbonyl (C=O) groups excluding carboxylic acids is 1. The van der Waals surface area contributed by atoms with Crippen LogP contribution in [0.2, 0.25) is 0 Å². The molecule has 25 heavy (non-hydrogen) atoms. The van der Waals surface area contributed by atoms with Crippen LogP contribution in [0.1, 0.15) is 22.5 Å². The van der Waals surface area contributed by atoms with Gasteiger partial charge >= 0.3 is 0 Å². The normalized spacial score (nSPS) is 17.3. The number of ether oxygens (including phenoxy) is 1. The van der Waals surface area contributed by atoms with Crippen molar-refractivity contribution in [2.24, 2.45) is 0 Å². The molecule has 0 saturated heterocycles. The molecule has 5 nitrogen and oxygen atoms in total. The first-order valence-electron chi connectivity index (χ1n) is 8.55. The van der Waals surface area contributed by atoms with Crippen LogP contribution in [-0.4, -0.2) is 40.3 Å². The maximum Gasteiger partial charge on any atom is 0.254 e. The highest BCUT2D eigenvalue weighted by Gasteiger charge is 2.28. The number of rotatable bonds is 3. The lowest BCUT2D eigenvalue weighted by Crippen LogP contribution is -2.41. The Morgan fingerprint density at radius 3 is 2.88 bits per heavy atom. The molecule has 0 N–H and O–H groups in total. The molecule has 3 aromatic rings. The molecular weight excluding hydrogens is 314 g/mol. The van der Waals surface area contributed by atoms with Crippen molar-refractivity contribution in [3.05, 3.63) is 66.0 Å². The number of nitrogens with zero attached hydrogens (tertiary/aromatic N) is 3. The highest BCUT2D eigenvalue weighted by molar-refractivity contribution is 5.98. The number of hydrogen-bond donors (Lipinski definition) is 0. The lowest BCUT2D eigenvalue weighted by Gasteiger charge is -2.29. The van der Waals surface area contributed by atoms with Crippen molar-refractivity contribution < 1.29 is 9.53 Å². The molecule has 0 aliphatic carbocycles. The van der Waals surface area contributed by atoms with Gasteiger partial charge in [-0.15, -0.1) is 0 Å². The van der Waals surface area contributed by atoms with Gasteiger partial charge in [0.1, 0.15) is 0 Å². The molecule has 0 saturated carbocycles.